The van der Waals surface area contributed by atoms with Gasteiger partial charge in [-0.25, -0.2) is 4.79 Å². The minimum Gasteiger partial charge on any atom is -0.476 e. The third-order valence-electron chi connectivity index (χ3n) is 2.94. The molecule has 0 saturated carbocycles. The number of aliphatic carboxylic acids is 1. The van der Waals surface area contributed by atoms with Crippen molar-refractivity contribution in [3.05, 3.63) is 66.0 Å². The minimum atomic E-state index is -1.54. The minimum absolute atomic E-state index is 0.132. The van der Waals surface area contributed by atoms with Crippen molar-refractivity contribution < 1.29 is 14.3 Å². The smallest absolute Gasteiger partial charge is 0.365 e. The Kier molecular flexibility index (Phi) is 3.76. The van der Waals surface area contributed by atoms with Gasteiger partial charge >= 0.3 is 5.97 Å². The lowest BCUT2D eigenvalue weighted by Gasteiger charge is -2.05. The van der Waals surface area contributed by atoms with E-state index in [0.29, 0.717) is 5.56 Å². The van der Waals surface area contributed by atoms with Crippen LogP contribution in [0.15, 0.2) is 60.4 Å². The lowest BCUT2D eigenvalue weighted by Crippen LogP contribution is -1.97. The van der Waals surface area contributed by atoms with E-state index in [1.54, 1.807) is 12.1 Å². The predicted octanol–water partition coefficient (Wildman–Crippen LogP) is 4.14. The van der Waals surface area contributed by atoms with Crippen LogP contribution in [0.2, 0.25) is 0 Å². The van der Waals surface area contributed by atoms with Crippen molar-refractivity contribution in [1.82, 2.24) is 0 Å². The monoisotopic (exact) mass is 256 g/mol. The number of carboxylic acids is 1. The average molecular weight is 256 g/mol. The molecule has 0 unspecified atom stereocenters. The van der Waals surface area contributed by atoms with Crippen LogP contribution < -0.4 is 0 Å². The second kappa shape index (κ2) is 5.48. The van der Waals surface area contributed by atoms with Gasteiger partial charge in [0.15, 0.2) is 0 Å². The molecule has 1 N–H and O–H groups in total. The number of carbonyl (C=O) groups is 1. The number of benzene rings is 2. The van der Waals surface area contributed by atoms with E-state index in [-0.39, 0.29) is 5.57 Å². The van der Waals surface area contributed by atoms with Crippen molar-refractivity contribution in [2.75, 3.05) is 0 Å². The van der Waals surface area contributed by atoms with Gasteiger partial charge in [0.1, 0.15) is 0 Å². The highest BCUT2D eigenvalue weighted by molar-refractivity contribution is 5.93. The molecule has 2 aromatic rings. The zero-order chi connectivity index (χ0) is 13.8. The largest absolute Gasteiger partial charge is 0.476 e. The van der Waals surface area contributed by atoms with Gasteiger partial charge in [0.2, 0.25) is 5.83 Å². The van der Waals surface area contributed by atoms with Crippen LogP contribution in [0.1, 0.15) is 12.5 Å². The summed E-state index contributed by atoms with van der Waals surface area (Å²) in [5.74, 6) is -2.66. The molecule has 3 heteroatoms. The molecule has 0 aromatic heterocycles. The maximum Gasteiger partial charge on any atom is 0.365 e. The van der Waals surface area contributed by atoms with Crippen molar-refractivity contribution in [3.63, 3.8) is 0 Å². The first-order chi connectivity index (χ1) is 9.09. The topological polar surface area (TPSA) is 37.3 Å². The standard InChI is InChI=1S/C16H13FO2/c1-11(15(17)16(18)19)12-7-9-14(10-8-12)13-5-3-2-4-6-13/h2-10H,1H3,(H,18,19). The summed E-state index contributed by atoms with van der Waals surface area (Å²) in [5.41, 5.74) is 2.77. The maximum atomic E-state index is 13.3. The van der Waals surface area contributed by atoms with Crippen LogP contribution >= 0.6 is 0 Å². The molecule has 96 valence electrons. The fourth-order valence-corrected chi connectivity index (χ4v) is 1.83. The zero-order valence-electron chi connectivity index (χ0n) is 10.4. The lowest BCUT2D eigenvalue weighted by atomic mass is 10.0. The van der Waals surface area contributed by atoms with Crippen LogP contribution in [0.4, 0.5) is 4.39 Å². The Morgan fingerprint density at radius 1 is 0.947 bits per heavy atom. The molecule has 2 nitrogen and oxygen atoms in total. The average Bonchev–Trinajstić information content (AvgIpc) is 2.46. The molecule has 0 aliphatic carbocycles. The number of halogens is 1. The van der Waals surface area contributed by atoms with Crippen LogP contribution in [0.3, 0.4) is 0 Å². The van der Waals surface area contributed by atoms with Crippen molar-refractivity contribution >= 4 is 11.5 Å². The van der Waals surface area contributed by atoms with E-state index in [9.17, 15) is 9.18 Å². The van der Waals surface area contributed by atoms with E-state index in [1.807, 2.05) is 42.5 Å². The van der Waals surface area contributed by atoms with Gasteiger partial charge in [-0.1, -0.05) is 54.6 Å². The van der Waals surface area contributed by atoms with Crippen molar-refractivity contribution in [1.29, 1.82) is 0 Å². The molecule has 19 heavy (non-hydrogen) atoms. The summed E-state index contributed by atoms with van der Waals surface area (Å²) in [6.07, 6.45) is 0. The first kappa shape index (κ1) is 13.0. The molecule has 0 amide bonds. The Bertz CT molecular complexity index is 613. The summed E-state index contributed by atoms with van der Waals surface area (Å²) in [7, 11) is 0. The molecule has 0 aliphatic rings. The van der Waals surface area contributed by atoms with Gasteiger partial charge in [0.25, 0.3) is 0 Å². The molecule has 0 spiro atoms. The van der Waals surface area contributed by atoms with E-state index in [2.05, 4.69) is 0 Å². The molecular formula is C16H13FO2. The number of allylic oxidation sites excluding steroid dienone is 1. The highest BCUT2D eigenvalue weighted by Gasteiger charge is 2.11. The Balaban J connectivity index is 2.35. The van der Waals surface area contributed by atoms with Gasteiger partial charge in [-0.3, -0.25) is 0 Å². The fourth-order valence-electron chi connectivity index (χ4n) is 1.83. The van der Waals surface area contributed by atoms with E-state index < -0.39 is 11.8 Å². The second-order valence-electron chi connectivity index (χ2n) is 4.19. The fraction of sp³-hybridized carbons (Fsp3) is 0.0625. The summed E-state index contributed by atoms with van der Waals surface area (Å²) >= 11 is 0. The van der Waals surface area contributed by atoms with Gasteiger partial charge in [0.05, 0.1) is 0 Å². The van der Waals surface area contributed by atoms with Crippen molar-refractivity contribution in [3.8, 4) is 11.1 Å². The van der Waals surface area contributed by atoms with Crippen LogP contribution in [0.25, 0.3) is 16.7 Å². The molecule has 0 aliphatic heterocycles. The summed E-state index contributed by atoms with van der Waals surface area (Å²) in [4.78, 5) is 10.6. The van der Waals surface area contributed by atoms with E-state index in [0.717, 1.165) is 11.1 Å². The molecule has 0 heterocycles. The summed E-state index contributed by atoms with van der Waals surface area (Å²) in [6, 6.07) is 16.9. The van der Waals surface area contributed by atoms with Crippen LogP contribution in [0.5, 0.6) is 0 Å². The van der Waals surface area contributed by atoms with Crippen LogP contribution in [-0.4, -0.2) is 11.1 Å². The number of rotatable bonds is 3. The maximum absolute atomic E-state index is 13.3. The molecule has 2 aromatic carbocycles. The third kappa shape index (κ3) is 2.88. The molecular weight excluding hydrogens is 243 g/mol. The van der Waals surface area contributed by atoms with E-state index >= 15 is 0 Å². The first-order valence-corrected chi connectivity index (χ1v) is 5.85. The van der Waals surface area contributed by atoms with Crippen molar-refractivity contribution in [2.24, 2.45) is 0 Å². The summed E-state index contributed by atoms with van der Waals surface area (Å²) < 4.78 is 13.3. The Morgan fingerprint density at radius 2 is 1.47 bits per heavy atom. The molecule has 0 radical (unpaired) electrons. The SMILES string of the molecule is CC(=C(F)C(=O)O)c1ccc(-c2ccccc2)cc1. The number of carboxylic acid groups (broad SMARTS) is 1. The summed E-state index contributed by atoms with van der Waals surface area (Å²) in [5, 5.41) is 8.61. The Morgan fingerprint density at radius 3 is 2.00 bits per heavy atom. The highest BCUT2D eigenvalue weighted by Crippen LogP contribution is 2.24. The molecule has 0 bridgehead atoms. The molecule has 0 atom stereocenters. The van der Waals surface area contributed by atoms with Gasteiger partial charge in [-0.15, -0.1) is 0 Å². The van der Waals surface area contributed by atoms with Gasteiger partial charge in [-0.05, 0) is 29.2 Å². The van der Waals surface area contributed by atoms with Crippen molar-refractivity contribution in [2.45, 2.75) is 6.92 Å². The summed E-state index contributed by atoms with van der Waals surface area (Å²) in [6.45, 7) is 1.46. The quantitative estimate of drug-likeness (QED) is 0.838. The number of hydrogen-bond acceptors (Lipinski definition) is 1. The van der Waals surface area contributed by atoms with Crippen LogP contribution in [-0.2, 0) is 4.79 Å². The predicted molar refractivity (Wildman–Crippen MR) is 73.2 cm³/mol. The molecule has 2 rings (SSSR count). The first-order valence-electron chi connectivity index (χ1n) is 5.85. The molecule has 0 saturated heterocycles. The zero-order valence-corrected chi connectivity index (χ0v) is 10.4. The van der Waals surface area contributed by atoms with Gasteiger partial charge in [-0.2, -0.15) is 4.39 Å². The molecule has 0 fully saturated rings. The van der Waals surface area contributed by atoms with Gasteiger partial charge in [0, 0.05) is 0 Å². The Labute approximate surface area is 110 Å². The second-order valence-corrected chi connectivity index (χ2v) is 4.19. The third-order valence-corrected chi connectivity index (χ3v) is 2.94. The van der Waals surface area contributed by atoms with Crippen LogP contribution in [0, 0.1) is 0 Å². The van der Waals surface area contributed by atoms with Gasteiger partial charge < -0.3 is 5.11 Å². The lowest BCUT2D eigenvalue weighted by molar-refractivity contribution is -0.134. The van der Waals surface area contributed by atoms with E-state index in [4.69, 9.17) is 5.11 Å². The Hall–Kier alpha value is -2.42. The van der Waals surface area contributed by atoms with E-state index in [1.165, 1.54) is 6.92 Å². The number of hydrogen-bond donors (Lipinski definition) is 1. The normalized spacial score (nSPS) is 11.9. The highest BCUT2D eigenvalue weighted by atomic mass is 19.1.